The first-order valence-corrected chi connectivity index (χ1v) is 4.30. The Bertz CT molecular complexity index is 325. The van der Waals surface area contributed by atoms with Crippen LogP contribution in [0.3, 0.4) is 0 Å². The second kappa shape index (κ2) is 4.51. The van der Waals surface area contributed by atoms with Crippen molar-refractivity contribution in [3.05, 3.63) is 23.5 Å². The van der Waals surface area contributed by atoms with Gasteiger partial charge in [0, 0.05) is 5.69 Å². The van der Waals surface area contributed by atoms with Crippen molar-refractivity contribution in [2.75, 3.05) is 6.61 Å². The van der Waals surface area contributed by atoms with E-state index in [1.807, 2.05) is 26.0 Å². The van der Waals surface area contributed by atoms with Crippen molar-refractivity contribution in [3.63, 3.8) is 0 Å². The summed E-state index contributed by atoms with van der Waals surface area (Å²) in [7, 11) is 0. The van der Waals surface area contributed by atoms with Crippen LogP contribution in [-0.4, -0.2) is 11.6 Å². The van der Waals surface area contributed by atoms with Crippen LogP contribution in [-0.2, 0) is 6.42 Å². The van der Waals surface area contributed by atoms with Gasteiger partial charge in [0.15, 0.2) is 0 Å². The number of aryl methyl sites for hydroxylation is 2. The van der Waals surface area contributed by atoms with E-state index >= 15 is 0 Å². The molecule has 0 aliphatic rings. The zero-order valence-electron chi connectivity index (χ0n) is 8.00. The lowest BCUT2D eigenvalue weighted by Crippen LogP contribution is -2.00. The molecule has 1 heterocycles. The summed E-state index contributed by atoms with van der Waals surface area (Å²) in [6, 6.07) is 3.84. The van der Waals surface area contributed by atoms with E-state index in [2.05, 4.69) is 10.9 Å². The second-order valence-electron chi connectivity index (χ2n) is 2.74. The minimum atomic E-state index is 0.303. The van der Waals surface area contributed by atoms with Crippen molar-refractivity contribution in [1.29, 1.82) is 0 Å². The van der Waals surface area contributed by atoms with Gasteiger partial charge in [0.2, 0.25) is 0 Å². The standard InChI is InChI=1S/C11H13NO/c1-4-8-13-11-7-6-9(3)12-10(11)5-2/h1,6-7H,5,8H2,2-3H3. The van der Waals surface area contributed by atoms with E-state index in [0.29, 0.717) is 6.61 Å². The van der Waals surface area contributed by atoms with E-state index < -0.39 is 0 Å². The van der Waals surface area contributed by atoms with Crippen LogP contribution in [0.4, 0.5) is 0 Å². The Morgan fingerprint density at radius 2 is 2.31 bits per heavy atom. The molecular formula is C11H13NO. The Labute approximate surface area is 79.0 Å². The van der Waals surface area contributed by atoms with Crippen molar-refractivity contribution in [3.8, 4) is 18.1 Å². The van der Waals surface area contributed by atoms with Gasteiger partial charge in [-0.3, -0.25) is 4.98 Å². The second-order valence-corrected chi connectivity index (χ2v) is 2.74. The number of ether oxygens (including phenoxy) is 1. The van der Waals surface area contributed by atoms with Crippen LogP contribution in [0.25, 0.3) is 0 Å². The van der Waals surface area contributed by atoms with E-state index in [-0.39, 0.29) is 0 Å². The van der Waals surface area contributed by atoms with E-state index in [9.17, 15) is 0 Å². The van der Waals surface area contributed by atoms with Gasteiger partial charge < -0.3 is 4.74 Å². The van der Waals surface area contributed by atoms with Crippen LogP contribution in [0.1, 0.15) is 18.3 Å². The normalized spacial score (nSPS) is 9.31. The zero-order valence-corrected chi connectivity index (χ0v) is 8.00. The van der Waals surface area contributed by atoms with Crippen molar-refractivity contribution in [2.24, 2.45) is 0 Å². The lowest BCUT2D eigenvalue weighted by Gasteiger charge is -2.07. The molecule has 2 nitrogen and oxygen atoms in total. The molecule has 0 unspecified atom stereocenters. The van der Waals surface area contributed by atoms with Gasteiger partial charge in [-0.1, -0.05) is 12.8 Å². The average Bonchev–Trinajstić information content (AvgIpc) is 2.16. The Balaban J connectivity index is 2.87. The number of terminal acetylenes is 1. The maximum absolute atomic E-state index is 5.33. The van der Waals surface area contributed by atoms with Crippen LogP contribution in [0.5, 0.6) is 5.75 Å². The Morgan fingerprint density at radius 1 is 1.54 bits per heavy atom. The van der Waals surface area contributed by atoms with Crippen LogP contribution in [0.2, 0.25) is 0 Å². The number of rotatable bonds is 3. The SMILES string of the molecule is C#CCOc1ccc(C)nc1CC. The highest BCUT2D eigenvalue weighted by atomic mass is 16.5. The summed E-state index contributed by atoms with van der Waals surface area (Å²) >= 11 is 0. The third-order valence-electron chi connectivity index (χ3n) is 1.72. The topological polar surface area (TPSA) is 22.1 Å². The highest BCUT2D eigenvalue weighted by Crippen LogP contribution is 2.16. The van der Waals surface area contributed by atoms with E-state index in [1.165, 1.54) is 0 Å². The third kappa shape index (κ3) is 2.48. The first kappa shape index (κ1) is 9.60. The Morgan fingerprint density at radius 3 is 2.92 bits per heavy atom. The van der Waals surface area contributed by atoms with E-state index in [0.717, 1.165) is 23.6 Å². The molecule has 1 rings (SSSR count). The molecule has 0 spiro atoms. The molecule has 0 N–H and O–H groups in total. The molecule has 0 saturated heterocycles. The molecule has 0 aliphatic heterocycles. The number of nitrogens with zero attached hydrogens (tertiary/aromatic N) is 1. The van der Waals surface area contributed by atoms with Gasteiger partial charge in [0.05, 0.1) is 5.69 Å². The minimum absolute atomic E-state index is 0.303. The summed E-state index contributed by atoms with van der Waals surface area (Å²) in [4.78, 5) is 4.35. The number of aromatic nitrogens is 1. The van der Waals surface area contributed by atoms with E-state index in [1.54, 1.807) is 0 Å². The monoisotopic (exact) mass is 175 g/mol. The van der Waals surface area contributed by atoms with E-state index in [4.69, 9.17) is 11.2 Å². The fraction of sp³-hybridized carbons (Fsp3) is 0.364. The van der Waals surface area contributed by atoms with Crippen molar-refractivity contribution >= 4 is 0 Å². The Kier molecular flexibility index (Phi) is 3.33. The molecule has 0 aliphatic carbocycles. The first-order chi connectivity index (χ1) is 6.27. The van der Waals surface area contributed by atoms with Crippen LogP contribution >= 0.6 is 0 Å². The maximum atomic E-state index is 5.33. The molecule has 0 saturated carbocycles. The number of hydrogen-bond donors (Lipinski definition) is 0. The highest BCUT2D eigenvalue weighted by Gasteiger charge is 2.02. The van der Waals surface area contributed by atoms with Crippen molar-refractivity contribution in [1.82, 2.24) is 4.98 Å². The summed E-state index contributed by atoms with van der Waals surface area (Å²) in [6.45, 7) is 4.31. The van der Waals surface area contributed by atoms with Crippen molar-refractivity contribution in [2.45, 2.75) is 20.3 Å². The predicted octanol–water partition coefficient (Wildman–Crippen LogP) is 1.96. The summed E-state index contributed by atoms with van der Waals surface area (Å²) in [6.07, 6.45) is 5.97. The summed E-state index contributed by atoms with van der Waals surface area (Å²) in [5.74, 6) is 3.23. The summed E-state index contributed by atoms with van der Waals surface area (Å²) < 4.78 is 5.33. The largest absolute Gasteiger partial charge is 0.479 e. The summed E-state index contributed by atoms with van der Waals surface area (Å²) in [5, 5.41) is 0. The van der Waals surface area contributed by atoms with Gasteiger partial charge in [-0.05, 0) is 25.5 Å². The molecular weight excluding hydrogens is 162 g/mol. The van der Waals surface area contributed by atoms with Crippen LogP contribution in [0, 0.1) is 19.3 Å². The fourth-order valence-electron chi connectivity index (χ4n) is 1.10. The van der Waals surface area contributed by atoms with Gasteiger partial charge in [-0.25, -0.2) is 0 Å². The average molecular weight is 175 g/mol. The van der Waals surface area contributed by atoms with Gasteiger partial charge in [0.25, 0.3) is 0 Å². The molecule has 0 atom stereocenters. The van der Waals surface area contributed by atoms with Gasteiger partial charge >= 0.3 is 0 Å². The van der Waals surface area contributed by atoms with Gasteiger partial charge in [-0.15, -0.1) is 6.42 Å². The quantitative estimate of drug-likeness (QED) is 0.655. The molecule has 0 bridgehead atoms. The molecule has 0 radical (unpaired) electrons. The molecule has 68 valence electrons. The zero-order chi connectivity index (χ0) is 9.68. The number of pyridine rings is 1. The minimum Gasteiger partial charge on any atom is -0.479 e. The first-order valence-electron chi connectivity index (χ1n) is 4.30. The molecule has 0 aromatic carbocycles. The molecule has 1 aromatic rings. The van der Waals surface area contributed by atoms with Gasteiger partial charge in [-0.2, -0.15) is 0 Å². The van der Waals surface area contributed by atoms with Gasteiger partial charge in [0.1, 0.15) is 12.4 Å². The molecule has 1 aromatic heterocycles. The third-order valence-corrected chi connectivity index (χ3v) is 1.72. The number of hydrogen-bond acceptors (Lipinski definition) is 2. The molecule has 0 amide bonds. The summed E-state index contributed by atoms with van der Waals surface area (Å²) in [5.41, 5.74) is 1.97. The van der Waals surface area contributed by atoms with Crippen LogP contribution in [0.15, 0.2) is 12.1 Å². The fourth-order valence-corrected chi connectivity index (χ4v) is 1.10. The van der Waals surface area contributed by atoms with Crippen molar-refractivity contribution < 1.29 is 4.74 Å². The molecule has 13 heavy (non-hydrogen) atoms. The van der Waals surface area contributed by atoms with Crippen LogP contribution < -0.4 is 4.74 Å². The Hall–Kier alpha value is -1.49. The molecule has 2 heteroatoms. The predicted molar refractivity (Wildman–Crippen MR) is 52.7 cm³/mol. The highest BCUT2D eigenvalue weighted by molar-refractivity contribution is 5.29. The lowest BCUT2D eigenvalue weighted by atomic mass is 10.2. The molecule has 0 fully saturated rings. The lowest BCUT2D eigenvalue weighted by molar-refractivity contribution is 0.364. The maximum Gasteiger partial charge on any atom is 0.148 e. The smallest absolute Gasteiger partial charge is 0.148 e.